The molecule has 0 spiro atoms. The largest absolute Gasteiger partial charge is 0.377 e. The summed E-state index contributed by atoms with van der Waals surface area (Å²) in [6.07, 6.45) is 2.86. The summed E-state index contributed by atoms with van der Waals surface area (Å²) in [5.41, 5.74) is 0.949. The van der Waals surface area contributed by atoms with E-state index in [2.05, 4.69) is 15.2 Å². The van der Waals surface area contributed by atoms with E-state index in [0.717, 1.165) is 44.1 Å². The number of halogens is 1. The zero-order valence-electron chi connectivity index (χ0n) is 17.1. The molecule has 1 aromatic carbocycles. The van der Waals surface area contributed by atoms with E-state index in [1.165, 1.54) is 0 Å². The van der Waals surface area contributed by atoms with E-state index in [0.29, 0.717) is 44.3 Å². The number of benzene rings is 1. The molecule has 0 bridgehead atoms. The molecule has 0 aromatic heterocycles. The summed E-state index contributed by atoms with van der Waals surface area (Å²) in [5.74, 6) is 0.991. The normalized spacial score (nSPS) is 20.2. The number of ether oxygens (including phenoxy) is 2. The Morgan fingerprint density at radius 2 is 2.10 bits per heavy atom. The third-order valence-electron chi connectivity index (χ3n) is 5.25. The van der Waals surface area contributed by atoms with Crippen molar-refractivity contribution in [3.63, 3.8) is 0 Å². The molecule has 2 aliphatic rings. The monoisotopic (exact) mass is 422 g/mol. The van der Waals surface area contributed by atoms with Crippen molar-refractivity contribution in [3.8, 4) is 0 Å². The van der Waals surface area contributed by atoms with Crippen molar-refractivity contribution in [3.05, 3.63) is 34.9 Å². The molecule has 160 valence electrons. The lowest BCUT2D eigenvalue weighted by atomic mass is 10.1. The molecule has 2 aliphatic heterocycles. The first-order valence-electron chi connectivity index (χ1n) is 10.3. The number of nitrogens with zero attached hydrogens (tertiary/aromatic N) is 3. The first-order chi connectivity index (χ1) is 14.2. The lowest BCUT2D eigenvalue weighted by Gasteiger charge is -2.36. The van der Waals surface area contributed by atoms with Crippen LogP contribution in [-0.2, 0) is 20.7 Å². The van der Waals surface area contributed by atoms with Crippen LogP contribution >= 0.6 is 11.6 Å². The second-order valence-electron chi connectivity index (χ2n) is 7.36. The minimum atomic E-state index is 0.136. The summed E-state index contributed by atoms with van der Waals surface area (Å²) in [5, 5.41) is 4.01. The number of guanidine groups is 1. The minimum absolute atomic E-state index is 0.136. The van der Waals surface area contributed by atoms with Gasteiger partial charge in [0.2, 0.25) is 5.91 Å². The number of hydrogen-bond donors (Lipinski definition) is 1. The fourth-order valence-corrected chi connectivity index (χ4v) is 3.87. The van der Waals surface area contributed by atoms with Gasteiger partial charge in [-0.3, -0.25) is 9.79 Å². The maximum absolute atomic E-state index is 12.6. The molecule has 8 heteroatoms. The van der Waals surface area contributed by atoms with Gasteiger partial charge in [-0.05, 0) is 30.5 Å². The van der Waals surface area contributed by atoms with Gasteiger partial charge in [-0.25, -0.2) is 0 Å². The minimum Gasteiger partial charge on any atom is -0.377 e. The Morgan fingerprint density at radius 3 is 2.79 bits per heavy atom. The first kappa shape index (κ1) is 21.9. The van der Waals surface area contributed by atoms with Gasteiger partial charge in [-0.1, -0.05) is 23.7 Å². The predicted octanol–water partition coefficient (Wildman–Crippen LogP) is 1.80. The highest BCUT2D eigenvalue weighted by atomic mass is 35.5. The molecule has 1 N–H and O–H groups in total. The number of nitrogens with one attached hydrogen (secondary N) is 1. The van der Waals surface area contributed by atoms with Crippen molar-refractivity contribution in [1.82, 2.24) is 15.1 Å². The fraction of sp³-hybridized carbons (Fsp3) is 0.619. The standard InChI is InChI=1S/C21H31ClN4O3/c1-23-21(24-7-13-28-16-19-6-3-12-29-19)26-10-8-25(9-11-26)20(27)15-17-4-2-5-18(22)14-17/h2,4-5,14,19H,3,6-13,15-16H2,1H3,(H,23,24). The number of aliphatic imine (C=N–C) groups is 1. The number of carbonyl (C=O) groups is 1. The molecule has 3 rings (SSSR count). The van der Waals surface area contributed by atoms with Gasteiger partial charge in [0.1, 0.15) is 0 Å². The van der Waals surface area contributed by atoms with Crippen LogP contribution in [0.5, 0.6) is 0 Å². The number of piperazine rings is 1. The molecular weight excluding hydrogens is 392 g/mol. The van der Waals surface area contributed by atoms with Gasteiger partial charge in [0.15, 0.2) is 5.96 Å². The van der Waals surface area contributed by atoms with Gasteiger partial charge in [0.25, 0.3) is 0 Å². The summed E-state index contributed by atoms with van der Waals surface area (Å²) >= 11 is 6.01. The number of hydrogen-bond acceptors (Lipinski definition) is 4. The van der Waals surface area contributed by atoms with E-state index in [9.17, 15) is 4.79 Å². The molecule has 7 nitrogen and oxygen atoms in total. The molecule has 29 heavy (non-hydrogen) atoms. The van der Waals surface area contributed by atoms with Crippen LogP contribution in [0.2, 0.25) is 5.02 Å². The van der Waals surface area contributed by atoms with Crippen LogP contribution in [-0.4, -0.2) is 87.4 Å². The third kappa shape index (κ3) is 6.87. The summed E-state index contributed by atoms with van der Waals surface area (Å²) in [6.45, 7) is 5.74. The molecule has 0 radical (unpaired) electrons. The Balaban J connectivity index is 1.35. The van der Waals surface area contributed by atoms with E-state index < -0.39 is 0 Å². The lowest BCUT2D eigenvalue weighted by molar-refractivity contribution is -0.131. The smallest absolute Gasteiger partial charge is 0.227 e. The van der Waals surface area contributed by atoms with Crippen LogP contribution < -0.4 is 5.32 Å². The molecule has 2 fully saturated rings. The maximum Gasteiger partial charge on any atom is 0.227 e. The van der Waals surface area contributed by atoms with Crippen molar-refractivity contribution in [2.45, 2.75) is 25.4 Å². The number of amides is 1. The van der Waals surface area contributed by atoms with E-state index in [1.54, 1.807) is 7.05 Å². The second kappa shape index (κ2) is 11.4. The van der Waals surface area contributed by atoms with Crippen LogP contribution in [0, 0.1) is 0 Å². The van der Waals surface area contributed by atoms with Gasteiger partial charge in [-0.15, -0.1) is 0 Å². The fourth-order valence-electron chi connectivity index (χ4n) is 3.66. The highest BCUT2D eigenvalue weighted by Crippen LogP contribution is 2.13. The van der Waals surface area contributed by atoms with Gasteiger partial charge >= 0.3 is 0 Å². The summed E-state index contributed by atoms with van der Waals surface area (Å²) in [7, 11) is 1.78. The Kier molecular flexibility index (Phi) is 8.58. The van der Waals surface area contributed by atoms with E-state index in [-0.39, 0.29) is 12.0 Å². The van der Waals surface area contributed by atoms with Crippen LogP contribution in [0.3, 0.4) is 0 Å². The molecule has 2 heterocycles. The van der Waals surface area contributed by atoms with Crippen molar-refractivity contribution >= 4 is 23.5 Å². The first-order valence-corrected chi connectivity index (χ1v) is 10.7. The summed E-state index contributed by atoms with van der Waals surface area (Å²) in [6, 6.07) is 7.48. The average molecular weight is 423 g/mol. The van der Waals surface area contributed by atoms with Crippen molar-refractivity contribution in [2.24, 2.45) is 4.99 Å². The topological polar surface area (TPSA) is 66.4 Å². The third-order valence-corrected chi connectivity index (χ3v) is 5.48. The van der Waals surface area contributed by atoms with Crippen molar-refractivity contribution in [2.75, 3.05) is 59.6 Å². The molecular formula is C21H31ClN4O3. The molecule has 1 unspecified atom stereocenters. The highest BCUT2D eigenvalue weighted by molar-refractivity contribution is 6.30. The van der Waals surface area contributed by atoms with E-state index >= 15 is 0 Å². The highest BCUT2D eigenvalue weighted by Gasteiger charge is 2.23. The van der Waals surface area contributed by atoms with Crippen LogP contribution in [0.1, 0.15) is 18.4 Å². The molecule has 2 saturated heterocycles. The van der Waals surface area contributed by atoms with Crippen LogP contribution in [0.15, 0.2) is 29.3 Å². The van der Waals surface area contributed by atoms with E-state index in [4.69, 9.17) is 21.1 Å². The van der Waals surface area contributed by atoms with Gasteiger partial charge in [0, 0.05) is 51.4 Å². The van der Waals surface area contributed by atoms with E-state index in [1.807, 2.05) is 29.2 Å². The molecule has 1 aromatic rings. The van der Waals surface area contributed by atoms with Crippen LogP contribution in [0.25, 0.3) is 0 Å². The number of carbonyl (C=O) groups excluding carboxylic acids is 1. The second-order valence-corrected chi connectivity index (χ2v) is 7.79. The summed E-state index contributed by atoms with van der Waals surface area (Å²) < 4.78 is 11.2. The Labute approximate surface area is 178 Å². The van der Waals surface area contributed by atoms with Crippen molar-refractivity contribution in [1.29, 1.82) is 0 Å². The Bertz CT molecular complexity index is 686. The van der Waals surface area contributed by atoms with Gasteiger partial charge in [-0.2, -0.15) is 0 Å². The zero-order valence-corrected chi connectivity index (χ0v) is 17.9. The zero-order chi connectivity index (χ0) is 20.5. The summed E-state index contributed by atoms with van der Waals surface area (Å²) in [4.78, 5) is 21.0. The molecule has 1 atom stereocenters. The Hall–Kier alpha value is -1.83. The van der Waals surface area contributed by atoms with Gasteiger partial charge in [0.05, 0.1) is 25.7 Å². The predicted molar refractivity (Wildman–Crippen MR) is 114 cm³/mol. The van der Waals surface area contributed by atoms with Gasteiger partial charge < -0.3 is 24.6 Å². The maximum atomic E-state index is 12.6. The Morgan fingerprint density at radius 1 is 1.31 bits per heavy atom. The quantitative estimate of drug-likeness (QED) is 0.412. The van der Waals surface area contributed by atoms with Crippen molar-refractivity contribution < 1.29 is 14.3 Å². The SMILES string of the molecule is CN=C(NCCOCC1CCCO1)N1CCN(C(=O)Cc2cccc(Cl)c2)CC1. The molecule has 0 aliphatic carbocycles. The molecule has 0 saturated carbocycles. The molecule has 1 amide bonds. The van der Waals surface area contributed by atoms with Crippen LogP contribution in [0.4, 0.5) is 0 Å². The average Bonchev–Trinajstić information content (AvgIpc) is 3.24. The number of rotatable bonds is 7. The lowest BCUT2D eigenvalue weighted by Crippen LogP contribution is -2.54.